The highest BCUT2D eigenvalue weighted by Crippen LogP contribution is 2.59. The van der Waals surface area contributed by atoms with Crippen LogP contribution in [-0.4, -0.2) is 28.2 Å². The molecule has 1 amide bonds. The van der Waals surface area contributed by atoms with Gasteiger partial charge in [0, 0.05) is 11.8 Å². The Morgan fingerprint density at radius 2 is 2.00 bits per heavy atom. The molecule has 2 heterocycles. The third-order valence-corrected chi connectivity index (χ3v) is 7.93. The van der Waals surface area contributed by atoms with Crippen LogP contribution in [0.3, 0.4) is 0 Å². The molecular weight excluding hydrogens is 328 g/mol. The molecule has 2 aliphatic heterocycles. The number of hydrogen-bond acceptors (Lipinski definition) is 3. The number of nitrogens with zero attached hydrogens (tertiary/aromatic N) is 1. The third kappa shape index (κ3) is 2.68. The van der Waals surface area contributed by atoms with Gasteiger partial charge in [-0.3, -0.25) is 9.79 Å². The maximum atomic E-state index is 12.3. The lowest BCUT2D eigenvalue weighted by Crippen LogP contribution is -2.46. The fraction of sp³-hybridized carbons (Fsp3) is 0.667. The number of rotatable bonds is 2. The Kier molecular flexibility index (Phi) is 4.93. The molecule has 1 saturated carbocycles. The van der Waals surface area contributed by atoms with E-state index in [1.807, 2.05) is 11.8 Å². The Hall–Kier alpha value is -0.740. The van der Waals surface area contributed by atoms with Crippen LogP contribution in [0.25, 0.3) is 0 Å². The summed E-state index contributed by atoms with van der Waals surface area (Å²) in [6.07, 6.45) is 16.1. The molecule has 126 valence electrons. The molecule has 1 saturated heterocycles. The highest BCUT2D eigenvalue weighted by atomic mass is 35.5. The third-order valence-electron chi connectivity index (χ3n) is 5.94. The predicted octanol–water partition coefficient (Wildman–Crippen LogP) is 3.53. The minimum absolute atomic E-state index is 0. The van der Waals surface area contributed by atoms with E-state index in [2.05, 4.69) is 24.3 Å². The van der Waals surface area contributed by atoms with Crippen LogP contribution in [-0.2, 0) is 4.79 Å². The molecule has 5 heteroatoms. The van der Waals surface area contributed by atoms with E-state index in [9.17, 15) is 4.79 Å². The number of carbonyl (C=O) groups excluding carboxylic acids is 1. The summed E-state index contributed by atoms with van der Waals surface area (Å²) in [5, 5.41) is 0.377. The quantitative estimate of drug-likeness (QED) is 0.826. The Balaban J connectivity index is 0.00000156. The van der Waals surface area contributed by atoms with Crippen LogP contribution < -0.4 is 5.73 Å². The van der Waals surface area contributed by atoms with Crippen LogP contribution in [0, 0.1) is 17.8 Å². The monoisotopic (exact) mass is 352 g/mol. The number of thioether (sulfide) groups is 1. The molecule has 0 aromatic carbocycles. The van der Waals surface area contributed by atoms with Crippen molar-refractivity contribution in [2.24, 2.45) is 28.5 Å². The number of hydrogen-bond donors (Lipinski definition) is 1. The molecule has 3 nitrogen and oxygen atoms in total. The van der Waals surface area contributed by atoms with Crippen molar-refractivity contribution in [2.75, 3.05) is 6.54 Å². The summed E-state index contributed by atoms with van der Waals surface area (Å²) in [5.74, 6) is 0.899. The fourth-order valence-electron chi connectivity index (χ4n) is 4.96. The number of primary amides is 1. The highest BCUT2D eigenvalue weighted by Gasteiger charge is 2.59. The van der Waals surface area contributed by atoms with Crippen molar-refractivity contribution < 1.29 is 4.79 Å². The Morgan fingerprint density at radius 3 is 2.74 bits per heavy atom. The molecule has 2 N–H and O–H groups in total. The summed E-state index contributed by atoms with van der Waals surface area (Å²) in [4.78, 5) is 17.1. The molecule has 2 aliphatic carbocycles. The second-order valence-corrected chi connectivity index (χ2v) is 8.54. The number of halogens is 1. The molecule has 0 aromatic rings. The lowest BCUT2D eigenvalue weighted by molar-refractivity contribution is -0.123. The molecule has 0 radical (unpaired) electrons. The summed E-state index contributed by atoms with van der Waals surface area (Å²) in [6, 6.07) is 0. The van der Waals surface area contributed by atoms with Crippen molar-refractivity contribution in [2.45, 2.75) is 48.5 Å². The van der Waals surface area contributed by atoms with Gasteiger partial charge in [-0.05, 0) is 37.2 Å². The van der Waals surface area contributed by atoms with Gasteiger partial charge in [0.2, 0.25) is 5.91 Å². The first-order chi connectivity index (χ1) is 10.7. The van der Waals surface area contributed by atoms with Gasteiger partial charge in [-0.25, -0.2) is 0 Å². The fourth-order valence-corrected chi connectivity index (χ4v) is 7.20. The van der Waals surface area contributed by atoms with E-state index in [0.29, 0.717) is 17.1 Å². The van der Waals surface area contributed by atoms with Crippen molar-refractivity contribution >= 4 is 35.8 Å². The van der Waals surface area contributed by atoms with Gasteiger partial charge < -0.3 is 5.73 Å². The van der Waals surface area contributed by atoms with Gasteiger partial charge in [0.15, 0.2) is 0 Å². The van der Waals surface area contributed by atoms with Gasteiger partial charge in [-0.15, -0.1) is 24.2 Å². The molecule has 0 bridgehead atoms. The summed E-state index contributed by atoms with van der Waals surface area (Å²) in [7, 11) is 0. The van der Waals surface area contributed by atoms with E-state index < -0.39 is 0 Å². The summed E-state index contributed by atoms with van der Waals surface area (Å²) < 4.78 is -0.0885. The van der Waals surface area contributed by atoms with Crippen LogP contribution >= 0.6 is 24.2 Å². The molecule has 4 atom stereocenters. The number of allylic oxidation sites excluding steroid dienone is 3. The van der Waals surface area contributed by atoms with Crippen molar-refractivity contribution in [3.63, 3.8) is 0 Å². The van der Waals surface area contributed by atoms with E-state index in [0.717, 1.165) is 13.0 Å². The van der Waals surface area contributed by atoms with E-state index >= 15 is 0 Å². The van der Waals surface area contributed by atoms with E-state index in [1.54, 1.807) is 0 Å². The molecule has 4 unspecified atom stereocenters. The largest absolute Gasteiger partial charge is 0.369 e. The highest BCUT2D eigenvalue weighted by molar-refractivity contribution is 8.02. The molecule has 2 fully saturated rings. The van der Waals surface area contributed by atoms with Crippen LogP contribution in [0.15, 0.2) is 29.3 Å². The van der Waals surface area contributed by atoms with Crippen LogP contribution in [0.2, 0.25) is 0 Å². The minimum atomic E-state index is -0.0887. The SMILES string of the molecule is Cl.NC(=O)C1C(C2CCCCC2)SC23C=CC=CC2=NCCC13. The van der Waals surface area contributed by atoms with Gasteiger partial charge in [0.1, 0.15) is 0 Å². The van der Waals surface area contributed by atoms with Crippen LogP contribution in [0.4, 0.5) is 0 Å². The molecule has 1 spiro atoms. The van der Waals surface area contributed by atoms with Crippen molar-refractivity contribution in [1.82, 2.24) is 0 Å². The molecule has 4 rings (SSSR count). The second kappa shape index (κ2) is 6.64. The zero-order valence-corrected chi connectivity index (χ0v) is 15.0. The first kappa shape index (κ1) is 17.1. The Labute approximate surface area is 148 Å². The predicted molar refractivity (Wildman–Crippen MR) is 99.3 cm³/mol. The van der Waals surface area contributed by atoms with Crippen LogP contribution in [0.5, 0.6) is 0 Å². The van der Waals surface area contributed by atoms with Gasteiger partial charge in [-0.1, -0.05) is 37.5 Å². The van der Waals surface area contributed by atoms with E-state index in [1.165, 1.54) is 37.8 Å². The maximum absolute atomic E-state index is 12.3. The number of nitrogens with two attached hydrogens (primary N) is 1. The van der Waals surface area contributed by atoms with Gasteiger partial charge in [0.05, 0.1) is 16.4 Å². The summed E-state index contributed by atoms with van der Waals surface area (Å²) in [5.41, 5.74) is 7.05. The maximum Gasteiger partial charge on any atom is 0.222 e. The Bertz CT molecular complexity index is 567. The first-order valence-corrected chi connectivity index (χ1v) is 9.48. The van der Waals surface area contributed by atoms with E-state index in [-0.39, 0.29) is 29.0 Å². The van der Waals surface area contributed by atoms with Crippen LogP contribution in [0.1, 0.15) is 38.5 Å². The number of carbonyl (C=O) groups is 1. The van der Waals surface area contributed by atoms with E-state index in [4.69, 9.17) is 10.7 Å². The first-order valence-electron chi connectivity index (χ1n) is 8.60. The second-order valence-electron chi connectivity index (χ2n) is 7.08. The van der Waals surface area contributed by atoms with Crippen molar-refractivity contribution in [1.29, 1.82) is 0 Å². The summed E-state index contributed by atoms with van der Waals surface area (Å²) >= 11 is 2.00. The van der Waals surface area contributed by atoms with Gasteiger partial charge >= 0.3 is 0 Å². The standard InChI is InChI=1S/C18H24N2OS.ClH/c19-17(21)15-13-9-11-20-14-8-4-5-10-18(13,14)22-16(15)12-6-2-1-3-7-12;/h4-5,8,10,12-13,15-16H,1-3,6-7,9,11H2,(H2,19,21);1H. The molecule has 23 heavy (non-hydrogen) atoms. The van der Waals surface area contributed by atoms with Crippen molar-refractivity contribution in [3.8, 4) is 0 Å². The smallest absolute Gasteiger partial charge is 0.222 e. The normalized spacial score (nSPS) is 39.1. The number of aliphatic imine (C=N–C) groups is 1. The number of amides is 1. The summed E-state index contributed by atoms with van der Waals surface area (Å²) in [6.45, 7) is 0.835. The van der Waals surface area contributed by atoms with Gasteiger partial charge in [-0.2, -0.15) is 0 Å². The lowest BCUT2D eigenvalue weighted by Gasteiger charge is -2.37. The molecule has 0 aromatic heterocycles. The average Bonchev–Trinajstić information content (AvgIpc) is 2.89. The van der Waals surface area contributed by atoms with Gasteiger partial charge in [0.25, 0.3) is 0 Å². The zero-order chi connectivity index (χ0) is 15.2. The molecule has 4 aliphatic rings. The minimum Gasteiger partial charge on any atom is -0.369 e. The lowest BCUT2D eigenvalue weighted by atomic mass is 9.69. The molecular formula is C18H25ClN2OS. The zero-order valence-electron chi connectivity index (χ0n) is 13.3. The topological polar surface area (TPSA) is 55.5 Å². The Morgan fingerprint density at radius 1 is 1.22 bits per heavy atom. The average molecular weight is 353 g/mol. The van der Waals surface area contributed by atoms with Crippen molar-refractivity contribution in [3.05, 3.63) is 24.3 Å².